The van der Waals surface area contributed by atoms with E-state index in [1.165, 1.54) is 0 Å². The number of aromatic amines is 1. The summed E-state index contributed by atoms with van der Waals surface area (Å²) >= 11 is 0. The van der Waals surface area contributed by atoms with Gasteiger partial charge in [0.15, 0.2) is 0 Å². The summed E-state index contributed by atoms with van der Waals surface area (Å²) in [6.45, 7) is 4.07. The first-order valence-corrected chi connectivity index (χ1v) is 8.43. The third kappa shape index (κ3) is 1.96. The molecule has 122 valence electrons. The van der Waals surface area contributed by atoms with Gasteiger partial charge in [0.25, 0.3) is 5.56 Å². The molecule has 0 saturated heterocycles. The first-order chi connectivity index (χ1) is 12.1. The average Bonchev–Trinajstić information content (AvgIpc) is 2.61. The van der Waals surface area contributed by atoms with Crippen molar-refractivity contribution in [2.45, 2.75) is 19.4 Å². The van der Waals surface area contributed by atoms with Gasteiger partial charge in [0, 0.05) is 21.7 Å². The van der Waals surface area contributed by atoms with Crippen molar-refractivity contribution in [1.82, 2.24) is 4.98 Å². The van der Waals surface area contributed by atoms with Gasteiger partial charge in [-0.2, -0.15) is 0 Å². The van der Waals surface area contributed by atoms with Crippen LogP contribution in [0.4, 0.5) is 0 Å². The van der Waals surface area contributed by atoms with Crippen LogP contribution in [0.15, 0.2) is 59.4 Å². The summed E-state index contributed by atoms with van der Waals surface area (Å²) in [6.07, 6.45) is 4.11. The van der Waals surface area contributed by atoms with E-state index in [1.807, 2.05) is 56.3 Å². The lowest BCUT2D eigenvalue weighted by Crippen LogP contribution is -2.28. The number of fused-ring (bicyclic) bond motifs is 8. The Hall–Kier alpha value is -3.07. The summed E-state index contributed by atoms with van der Waals surface area (Å²) in [5.74, 6) is 0.835. The number of benzene rings is 3. The number of nitrogens with one attached hydrogen (secondary N) is 1. The fraction of sp³-hybridized carbons (Fsp3) is 0.136. The maximum absolute atomic E-state index is 12.6. The van der Waals surface area contributed by atoms with Crippen molar-refractivity contribution in [3.63, 3.8) is 0 Å². The number of hydrogen-bond donors (Lipinski definition) is 1. The molecule has 1 aromatic heterocycles. The zero-order chi connectivity index (χ0) is 17.2. The second kappa shape index (κ2) is 4.73. The van der Waals surface area contributed by atoms with E-state index in [-0.39, 0.29) is 11.2 Å². The third-order valence-electron chi connectivity index (χ3n) is 4.90. The van der Waals surface area contributed by atoms with E-state index in [9.17, 15) is 4.79 Å². The van der Waals surface area contributed by atoms with Crippen LogP contribution in [-0.2, 0) is 0 Å². The summed E-state index contributed by atoms with van der Waals surface area (Å²) in [5.41, 5.74) is 1.33. The van der Waals surface area contributed by atoms with E-state index in [0.29, 0.717) is 5.39 Å². The highest BCUT2D eigenvalue weighted by molar-refractivity contribution is 6.22. The summed E-state index contributed by atoms with van der Waals surface area (Å²) in [7, 11) is 0. The van der Waals surface area contributed by atoms with Crippen LogP contribution in [-0.4, -0.2) is 10.6 Å². The van der Waals surface area contributed by atoms with Crippen molar-refractivity contribution in [2.24, 2.45) is 0 Å². The largest absolute Gasteiger partial charge is 0.482 e. The van der Waals surface area contributed by atoms with Crippen LogP contribution in [0.1, 0.15) is 19.4 Å². The maximum atomic E-state index is 12.6. The standard InChI is InChI=1S/C22H17NO2/c1-22(2)12-11-17-19-18(13-7-3-5-9-15(13)20(17)25-22)14-8-4-6-10-16(14)21(24)23-19/h3-12H,1-2H3,(H,23,24). The summed E-state index contributed by atoms with van der Waals surface area (Å²) in [6, 6.07) is 16.0. The topological polar surface area (TPSA) is 42.1 Å². The van der Waals surface area contributed by atoms with Crippen molar-refractivity contribution in [3.8, 4) is 5.75 Å². The molecule has 0 radical (unpaired) electrons. The van der Waals surface area contributed by atoms with Gasteiger partial charge < -0.3 is 9.72 Å². The van der Waals surface area contributed by atoms with Crippen molar-refractivity contribution < 1.29 is 4.74 Å². The van der Waals surface area contributed by atoms with Gasteiger partial charge in [0.1, 0.15) is 11.4 Å². The predicted molar refractivity (Wildman–Crippen MR) is 103 cm³/mol. The van der Waals surface area contributed by atoms with Crippen molar-refractivity contribution in [3.05, 3.63) is 70.5 Å². The van der Waals surface area contributed by atoms with Crippen molar-refractivity contribution >= 4 is 38.5 Å². The minimum absolute atomic E-state index is 0.0705. The molecule has 0 atom stereocenters. The summed E-state index contributed by atoms with van der Waals surface area (Å²) in [4.78, 5) is 15.7. The number of hydrogen-bond acceptors (Lipinski definition) is 2. The second-order valence-electron chi connectivity index (χ2n) is 7.08. The molecule has 3 nitrogen and oxygen atoms in total. The first kappa shape index (κ1) is 14.3. The molecule has 4 aromatic rings. The molecule has 1 aliphatic heterocycles. The molecule has 3 aromatic carbocycles. The molecule has 1 aliphatic rings. The fourth-order valence-electron chi connectivity index (χ4n) is 3.77. The van der Waals surface area contributed by atoms with Crippen LogP contribution >= 0.6 is 0 Å². The first-order valence-electron chi connectivity index (χ1n) is 8.43. The van der Waals surface area contributed by atoms with Gasteiger partial charge >= 0.3 is 0 Å². The van der Waals surface area contributed by atoms with E-state index in [1.54, 1.807) is 0 Å². The fourth-order valence-corrected chi connectivity index (χ4v) is 3.77. The zero-order valence-electron chi connectivity index (χ0n) is 14.1. The van der Waals surface area contributed by atoms with E-state index >= 15 is 0 Å². The van der Waals surface area contributed by atoms with Crippen LogP contribution in [0, 0.1) is 0 Å². The van der Waals surface area contributed by atoms with E-state index in [4.69, 9.17) is 4.74 Å². The quantitative estimate of drug-likeness (QED) is 0.461. The van der Waals surface area contributed by atoms with Gasteiger partial charge in [0.05, 0.1) is 5.52 Å². The molecular formula is C22H17NO2. The lowest BCUT2D eigenvalue weighted by atomic mass is 9.92. The predicted octanol–water partition coefficient (Wildman–Crippen LogP) is 5.02. The minimum Gasteiger partial charge on any atom is -0.482 e. The van der Waals surface area contributed by atoms with Crippen LogP contribution in [0.2, 0.25) is 0 Å². The molecule has 1 N–H and O–H groups in total. The van der Waals surface area contributed by atoms with E-state index < -0.39 is 0 Å². The van der Waals surface area contributed by atoms with Gasteiger partial charge in [-0.3, -0.25) is 4.79 Å². The number of aromatic nitrogens is 1. The Morgan fingerprint density at radius 3 is 2.20 bits per heavy atom. The molecule has 0 spiro atoms. The molecule has 5 rings (SSSR count). The second-order valence-corrected chi connectivity index (χ2v) is 7.08. The summed E-state index contributed by atoms with van der Waals surface area (Å²) < 4.78 is 6.28. The van der Waals surface area contributed by atoms with E-state index in [2.05, 4.69) is 23.2 Å². The lowest BCUT2D eigenvalue weighted by molar-refractivity contribution is 0.162. The Balaban J connectivity index is 2.12. The number of rotatable bonds is 0. The van der Waals surface area contributed by atoms with Crippen molar-refractivity contribution in [2.75, 3.05) is 0 Å². The molecule has 0 bridgehead atoms. The Morgan fingerprint density at radius 1 is 0.880 bits per heavy atom. The Kier molecular flexibility index (Phi) is 2.70. The SMILES string of the molecule is CC1(C)C=Cc2c(c3ccccc3c3c2[nH]c(=O)c2ccccc23)O1. The monoisotopic (exact) mass is 327 g/mol. The molecule has 0 amide bonds. The Morgan fingerprint density at radius 2 is 1.48 bits per heavy atom. The van der Waals surface area contributed by atoms with Crippen LogP contribution in [0.5, 0.6) is 5.75 Å². The molecule has 3 heteroatoms. The van der Waals surface area contributed by atoms with Gasteiger partial charge in [-0.1, -0.05) is 42.5 Å². The van der Waals surface area contributed by atoms with Crippen LogP contribution in [0.25, 0.3) is 38.5 Å². The average molecular weight is 327 g/mol. The molecule has 0 saturated carbocycles. The lowest BCUT2D eigenvalue weighted by Gasteiger charge is -2.29. The van der Waals surface area contributed by atoms with Crippen molar-refractivity contribution in [1.29, 1.82) is 0 Å². The highest BCUT2D eigenvalue weighted by Crippen LogP contribution is 2.43. The Bertz CT molecular complexity index is 1260. The third-order valence-corrected chi connectivity index (χ3v) is 4.90. The van der Waals surface area contributed by atoms with E-state index in [0.717, 1.165) is 38.4 Å². The minimum atomic E-state index is -0.374. The van der Waals surface area contributed by atoms with Gasteiger partial charge in [-0.05, 0) is 42.8 Å². The van der Waals surface area contributed by atoms with Crippen LogP contribution < -0.4 is 10.3 Å². The highest BCUT2D eigenvalue weighted by atomic mass is 16.5. The number of H-pyrrole nitrogens is 1. The zero-order valence-corrected chi connectivity index (χ0v) is 14.1. The van der Waals surface area contributed by atoms with Gasteiger partial charge in [-0.25, -0.2) is 0 Å². The smallest absolute Gasteiger partial charge is 0.256 e. The molecule has 0 unspecified atom stereocenters. The van der Waals surface area contributed by atoms with Gasteiger partial charge in [0.2, 0.25) is 0 Å². The highest BCUT2D eigenvalue weighted by Gasteiger charge is 2.26. The van der Waals surface area contributed by atoms with Crippen LogP contribution in [0.3, 0.4) is 0 Å². The maximum Gasteiger partial charge on any atom is 0.256 e. The number of ether oxygens (including phenoxy) is 1. The molecule has 0 fully saturated rings. The van der Waals surface area contributed by atoms with Gasteiger partial charge in [-0.15, -0.1) is 0 Å². The number of pyridine rings is 1. The molecule has 0 aliphatic carbocycles. The normalized spacial score (nSPS) is 15.4. The molecule has 25 heavy (non-hydrogen) atoms. The molecular weight excluding hydrogens is 310 g/mol. The molecule has 2 heterocycles. The summed E-state index contributed by atoms with van der Waals surface area (Å²) in [5, 5.41) is 4.91. The Labute approximate surface area is 144 Å².